The molecule has 0 unspecified atom stereocenters. The number of hydrogen-bond donors (Lipinski definition) is 0. The van der Waals surface area contributed by atoms with Crippen molar-refractivity contribution in [2.75, 3.05) is 0 Å². The van der Waals surface area contributed by atoms with E-state index < -0.39 is 4.92 Å². The van der Waals surface area contributed by atoms with Gasteiger partial charge in [-0.3, -0.25) is 10.1 Å². The van der Waals surface area contributed by atoms with E-state index in [1.807, 2.05) is 0 Å². The van der Waals surface area contributed by atoms with Crippen LogP contribution in [0.3, 0.4) is 0 Å². The molecule has 0 bridgehead atoms. The van der Waals surface area contributed by atoms with Crippen molar-refractivity contribution in [3.63, 3.8) is 0 Å². The van der Waals surface area contributed by atoms with Crippen LogP contribution in [0.15, 0.2) is 42.5 Å². The van der Waals surface area contributed by atoms with Crippen molar-refractivity contribution in [1.29, 1.82) is 0 Å². The molecule has 0 amide bonds. The summed E-state index contributed by atoms with van der Waals surface area (Å²) in [5.41, 5.74) is 1.93. The van der Waals surface area contributed by atoms with E-state index in [2.05, 4.69) is 10.3 Å². The Bertz CT molecular complexity index is 767. The van der Waals surface area contributed by atoms with Gasteiger partial charge in [-0.2, -0.15) is 0 Å². The smallest absolute Gasteiger partial charge is 0.258 e. The number of rotatable bonds is 2. The van der Waals surface area contributed by atoms with E-state index in [9.17, 15) is 10.1 Å². The number of nitro groups is 1. The van der Waals surface area contributed by atoms with Gasteiger partial charge in [0.05, 0.1) is 10.6 Å². The van der Waals surface area contributed by atoms with Gasteiger partial charge in [-0.05, 0) is 30.3 Å². The Morgan fingerprint density at radius 3 is 2.58 bits per heavy atom. The van der Waals surface area contributed by atoms with Crippen LogP contribution in [0.2, 0.25) is 5.02 Å². The lowest BCUT2D eigenvalue weighted by atomic mass is 10.2. The molecule has 1 heterocycles. The Kier molecular flexibility index (Phi) is 2.64. The Hall–Kier alpha value is -2.47. The predicted octanol–water partition coefficient (Wildman–Crippen LogP) is 2.98. The molecule has 0 atom stereocenters. The highest BCUT2D eigenvalue weighted by atomic mass is 35.5. The van der Waals surface area contributed by atoms with E-state index in [1.54, 1.807) is 35.0 Å². The van der Waals surface area contributed by atoms with Gasteiger partial charge in [0.1, 0.15) is 11.0 Å². The van der Waals surface area contributed by atoms with Gasteiger partial charge in [0.25, 0.3) is 5.69 Å². The zero-order chi connectivity index (χ0) is 13.4. The number of halogens is 1. The lowest BCUT2D eigenvalue weighted by Crippen LogP contribution is -1.96. The Labute approximate surface area is 112 Å². The number of fused-ring (bicyclic) bond motifs is 1. The molecule has 0 aliphatic carbocycles. The normalized spacial score (nSPS) is 10.8. The third kappa shape index (κ3) is 2.02. The zero-order valence-electron chi connectivity index (χ0n) is 9.52. The Morgan fingerprint density at radius 1 is 1.16 bits per heavy atom. The number of nitro benzene ring substituents is 1. The van der Waals surface area contributed by atoms with Crippen LogP contribution in [-0.4, -0.2) is 19.9 Å². The molecule has 19 heavy (non-hydrogen) atoms. The summed E-state index contributed by atoms with van der Waals surface area (Å²) < 4.78 is 1.54. The van der Waals surface area contributed by atoms with E-state index in [0.29, 0.717) is 16.1 Å². The quantitative estimate of drug-likeness (QED) is 0.532. The van der Waals surface area contributed by atoms with E-state index >= 15 is 0 Å². The van der Waals surface area contributed by atoms with E-state index in [-0.39, 0.29) is 5.69 Å². The molecule has 7 heteroatoms. The van der Waals surface area contributed by atoms with Gasteiger partial charge < -0.3 is 0 Å². The van der Waals surface area contributed by atoms with Gasteiger partial charge in [0.2, 0.25) is 0 Å². The number of aromatic nitrogens is 3. The molecule has 0 radical (unpaired) electrons. The molecule has 0 aliphatic heterocycles. The van der Waals surface area contributed by atoms with Crippen molar-refractivity contribution in [2.24, 2.45) is 0 Å². The highest BCUT2D eigenvalue weighted by Gasteiger charge is 2.12. The van der Waals surface area contributed by atoms with Gasteiger partial charge in [0, 0.05) is 17.2 Å². The van der Waals surface area contributed by atoms with Crippen molar-refractivity contribution in [3.8, 4) is 5.69 Å². The third-order valence-corrected chi connectivity index (χ3v) is 2.96. The van der Waals surface area contributed by atoms with Crippen LogP contribution >= 0.6 is 11.6 Å². The van der Waals surface area contributed by atoms with Gasteiger partial charge in [-0.15, -0.1) is 5.10 Å². The van der Waals surface area contributed by atoms with E-state index in [4.69, 9.17) is 11.6 Å². The summed E-state index contributed by atoms with van der Waals surface area (Å²) in [4.78, 5) is 10.4. The van der Waals surface area contributed by atoms with Gasteiger partial charge in [-0.1, -0.05) is 16.8 Å². The van der Waals surface area contributed by atoms with Crippen molar-refractivity contribution in [1.82, 2.24) is 15.0 Å². The largest absolute Gasteiger partial charge is 0.271 e. The van der Waals surface area contributed by atoms with Gasteiger partial charge >= 0.3 is 0 Å². The summed E-state index contributed by atoms with van der Waals surface area (Å²) >= 11 is 5.82. The minimum absolute atomic E-state index is 0.00464. The van der Waals surface area contributed by atoms with E-state index in [1.165, 1.54) is 12.1 Å². The molecule has 6 nitrogen and oxygen atoms in total. The fraction of sp³-hybridized carbons (Fsp3) is 0. The first-order chi connectivity index (χ1) is 9.15. The number of benzene rings is 2. The summed E-state index contributed by atoms with van der Waals surface area (Å²) in [5.74, 6) is 0. The maximum atomic E-state index is 10.8. The summed E-state index contributed by atoms with van der Waals surface area (Å²) in [6.45, 7) is 0. The second-order valence-electron chi connectivity index (χ2n) is 3.91. The predicted molar refractivity (Wildman–Crippen MR) is 70.5 cm³/mol. The highest BCUT2D eigenvalue weighted by Crippen LogP contribution is 2.22. The van der Waals surface area contributed by atoms with Crippen LogP contribution in [-0.2, 0) is 0 Å². The maximum Gasteiger partial charge on any atom is 0.271 e. The molecule has 3 rings (SSSR count). The lowest BCUT2D eigenvalue weighted by molar-refractivity contribution is -0.384. The van der Waals surface area contributed by atoms with Crippen LogP contribution < -0.4 is 0 Å². The summed E-state index contributed by atoms with van der Waals surface area (Å²) in [5, 5.41) is 19.4. The Balaban J connectivity index is 2.21. The molecule has 0 saturated heterocycles. The SMILES string of the molecule is O=[N+]([O-])c1ccc2nnn(-c3ccc(Cl)cc3)c2c1. The molecular formula is C12H7ClN4O2. The summed E-state index contributed by atoms with van der Waals surface area (Å²) in [6.07, 6.45) is 0. The maximum absolute atomic E-state index is 10.8. The molecule has 1 aromatic heterocycles. The molecule has 0 spiro atoms. The second-order valence-corrected chi connectivity index (χ2v) is 4.34. The van der Waals surface area contributed by atoms with Crippen molar-refractivity contribution in [3.05, 3.63) is 57.6 Å². The summed E-state index contributed by atoms with van der Waals surface area (Å²) in [7, 11) is 0. The average molecular weight is 275 g/mol. The third-order valence-electron chi connectivity index (χ3n) is 2.71. The molecule has 94 valence electrons. The second kappa shape index (κ2) is 4.33. The molecule has 0 fully saturated rings. The summed E-state index contributed by atoms with van der Waals surface area (Å²) in [6, 6.07) is 11.4. The van der Waals surface area contributed by atoms with Crippen molar-refractivity contribution >= 4 is 28.3 Å². The molecule has 2 aromatic carbocycles. The van der Waals surface area contributed by atoms with Crippen LogP contribution in [0.4, 0.5) is 5.69 Å². The highest BCUT2D eigenvalue weighted by molar-refractivity contribution is 6.30. The number of non-ortho nitro benzene ring substituents is 1. The standard InChI is InChI=1S/C12H7ClN4O2/c13-8-1-3-9(4-2-8)16-12-7-10(17(18)19)5-6-11(12)14-15-16/h1-7H. The minimum Gasteiger partial charge on any atom is -0.258 e. The lowest BCUT2D eigenvalue weighted by Gasteiger charge is -2.01. The molecule has 0 saturated carbocycles. The zero-order valence-corrected chi connectivity index (χ0v) is 10.3. The first kappa shape index (κ1) is 11.6. The molecule has 0 N–H and O–H groups in total. The topological polar surface area (TPSA) is 73.8 Å². The minimum atomic E-state index is -0.446. The van der Waals surface area contributed by atoms with Crippen LogP contribution in [0.25, 0.3) is 16.7 Å². The van der Waals surface area contributed by atoms with E-state index in [0.717, 1.165) is 5.69 Å². The van der Waals surface area contributed by atoms with Crippen LogP contribution in [0.5, 0.6) is 0 Å². The first-order valence-corrected chi connectivity index (χ1v) is 5.79. The van der Waals surface area contributed by atoms with Crippen molar-refractivity contribution in [2.45, 2.75) is 0 Å². The number of hydrogen-bond acceptors (Lipinski definition) is 4. The Morgan fingerprint density at radius 2 is 1.89 bits per heavy atom. The molecule has 3 aromatic rings. The van der Waals surface area contributed by atoms with Crippen LogP contribution in [0, 0.1) is 10.1 Å². The monoisotopic (exact) mass is 274 g/mol. The fourth-order valence-electron chi connectivity index (χ4n) is 1.79. The fourth-order valence-corrected chi connectivity index (χ4v) is 1.92. The van der Waals surface area contributed by atoms with Crippen LogP contribution in [0.1, 0.15) is 0 Å². The van der Waals surface area contributed by atoms with Gasteiger partial charge in [0.15, 0.2) is 0 Å². The number of nitrogens with zero attached hydrogens (tertiary/aromatic N) is 4. The van der Waals surface area contributed by atoms with Crippen molar-refractivity contribution < 1.29 is 4.92 Å². The molecular weight excluding hydrogens is 268 g/mol. The molecule has 0 aliphatic rings. The first-order valence-electron chi connectivity index (χ1n) is 5.41. The average Bonchev–Trinajstić information content (AvgIpc) is 2.82. The van der Waals surface area contributed by atoms with Gasteiger partial charge in [-0.25, -0.2) is 4.68 Å².